The van der Waals surface area contributed by atoms with Crippen LogP contribution < -0.4 is 5.32 Å². The minimum atomic E-state index is -0.402. The molecule has 32 heavy (non-hydrogen) atoms. The number of amides is 2. The first-order valence-corrected chi connectivity index (χ1v) is 11.2. The lowest BCUT2D eigenvalue weighted by atomic mass is 9.96. The molecule has 1 atom stereocenters. The van der Waals surface area contributed by atoms with Crippen molar-refractivity contribution in [1.82, 2.24) is 9.88 Å². The van der Waals surface area contributed by atoms with Crippen molar-refractivity contribution < 1.29 is 18.8 Å². The van der Waals surface area contributed by atoms with E-state index in [2.05, 4.69) is 10.3 Å². The van der Waals surface area contributed by atoms with E-state index in [4.69, 9.17) is 0 Å². The van der Waals surface area contributed by atoms with Gasteiger partial charge in [-0.2, -0.15) is 0 Å². The Labute approximate surface area is 189 Å². The van der Waals surface area contributed by atoms with Crippen LogP contribution in [0.1, 0.15) is 39.8 Å². The summed E-state index contributed by atoms with van der Waals surface area (Å²) in [5.74, 6) is -1.36. The summed E-state index contributed by atoms with van der Waals surface area (Å²) in [6.45, 7) is 2.30. The van der Waals surface area contributed by atoms with Gasteiger partial charge in [-0.15, -0.1) is 0 Å². The lowest BCUT2D eigenvalue weighted by Crippen LogP contribution is -2.43. The third kappa shape index (κ3) is 4.75. The number of halogens is 1. The fraction of sp³-hybridized carbons (Fsp3) is 0.250. The highest BCUT2D eigenvalue weighted by molar-refractivity contribution is 7.18. The van der Waals surface area contributed by atoms with Crippen LogP contribution in [0.2, 0.25) is 0 Å². The number of carbonyl (C=O) groups excluding carboxylic acids is 3. The Bertz CT molecular complexity index is 1150. The van der Waals surface area contributed by atoms with Gasteiger partial charge < -0.3 is 10.2 Å². The summed E-state index contributed by atoms with van der Waals surface area (Å²) >= 11 is 1.15. The van der Waals surface area contributed by atoms with Crippen LogP contribution in [0.4, 0.5) is 9.52 Å². The number of likely N-dealkylation sites (tertiary alicyclic amines) is 1. The molecule has 1 N–H and O–H groups in total. The molecule has 3 aromatic rings. The van der Waals surface area contributed by atoms with E-state index in [1.165, 1.54) is 31.2 Å². The maximum absolute atomic E-state index is 13.2. The first kappa shape index (κ1) is 21.8. The molecule has 8 heteroatoms. The molecule has 1 saturated heterocycles. The van der Waals surface area contributed by atoms with Crippen LogP contribution in [0, 0.1) is 11.7 Å². The van der Waals surface area contributed by atoms with Gasteiger partial charge >= 0.3 is 0 Å². The van der Waals surface area contributed by atoms with Gasteiger partial charge in [0.05, 0.1) is 16.5 Å². The number of ketones is 1. The summed E-state index contributed by atoms with van der Waals surface area (Å²) in [4.78, 5) is 44.4. The van der Waals surface area contributed by atoms with Crippen molar-refractivity contribution in [3.63, 3.8) is 0 Å². The van der Waals surface area contributed by atoms with E-state index in [1.807, 2.05) is 30.3 Å². The molecule has 0 saturated carbocycles. The zero-order valence-electron chi connectivity index (χ0n) is 17.5. The zero-order chi connectivity index (χ0) is 22.7. The van der Waals surface area contributed by atoms with Crippen molar-refractivity contribution in [1.29, 1.82) is 0 Å². The number of nitrogens with zero attached hydrogens (tertiary/aromatic N) is 2. The van der Waals surface area contributed by atoms with E-state index in [1.54, 1.807) is 4.90 Å². The Hall–Kier alpha value is -3.39. The highest BCUT2D eigenvalue weighted by Crippen LogP contribution is 2.32. The summed E-state index contributed by atoms with van der Waals surface area (Å²) < 4.78 is 13.2. The monoisotopic (exact) mass is 451 g/mol. The van der Waals surface area contributed by atoms with Crippen LogP contribution in [0.15, 0.2) is 54.6 Å². The molecule has 0 spiro atoms. The summed E-state index contributed by atoms with van der Waals surface area (Å²) in [5, 5.41) is 3.19. The Morgan fingerprint density at radius 2 is 1.81 bits per heavy atom. The van der Waals surface area contributed by atoms with E-state index < -0.39 is 11.7 Å². The molecule has 2 heterocycles. The topological polar surface area (TPSA) is 79.4 Å². The van der Waals surface area contributed by atoms with E-state index in [9.17, 15) is 18.8 Å². The van der Waals surface area contributed by atoms with Gasteiger partial charge in [-0.25, -0.2) is 9.37 Å². The van der Waals surface area contributed by atoms with Crippen molar-refractivity contribution in [3.8, 4) is 11.3 Å². The third-order valence-electron chi connectivity index (χ3n) is 5.39. The SMILES string of the molecule is CC(=O)c1sc(NC(=O)C2CCCN(C(=O)c3ccc(F)cc3)C2)nc1-c1ccccc1. The minimum Gasteiger partial charge on any atom is -0.338 e. The smallest absolute Gasteiger partial charge is 0.253 e. The molecule has 164 valence electrons. The van der Waals surface area contributed by atoms with Gasteiger partial charge in [0.2, 0.25) is 5.91 Å². The summed E-state index contributed by atoms with van der Waals surface area (Å²) in [6.07, 6.45) is 1.34. The largest absolute Gasteiger partial charge is 0.338 e. The Morgan fingerprint density at radius 3 is 2.50 bits per heavy atom. The fourth-order valence-electron chi connectivity index (χ4n) is 3.76. The fourth-order valence-corrected chi connectivity index (χ4v) is 4.65. The predicted octanol–water partition coefficient (Wildman–Crippen LogP) is 4.64. The number of rotatable bonds is 5. The molecule has 1 unspecified atom stereocenters. The van der Waals surface area contributed by atoms with Crippen molar-refractivity contribution in [2.45, 2.75) is 19.8 Å². The van der Waals surface area contributed by atoms with Crippen LogP contribution in [0.5, 0.6) is 0 Å². The lowest BCUT2D eigenvalue weighted by Gasteiger charge is -2.32. The second-order valence-corrected chi connectivity index (χ2v) is 8.70. The molecule has 6 nitrogen and oxygen atoms in total. The molecule has 1 aromatic heterocycles. The summed E-state index contributed by atoms with van der Waals surface area (Å²) in [5.41, 5.74) is 1.75. The normalized spacial score (nSPS) is 15.9. The Kier molecular flexibility index (Phi) is 6.41. The maximum atomic E-state index is 13.2. The van der Waals surface area contributed by atoms with Crippen molar-refractivity contribution >= 4 is 34.1 Å². The van der Waals surface area contributed by atoms with Crippen LogP contribution >= 0.6 is 11.3 Å². The van der Waals surface area contributed by atoms with E-state index in [0.717, 1.165) is 16.9 Å². The van der Waals surface area contributed by atoms with Gasteiger partial charge in [0, 0.05) is 31.1 Å². The molecule has 1 aliphatic rings. The number of carbonyl (C=O) groups is 3. The number of aromatic nitrogens is 1. The molecule has 1 fully saturated rings. The van der Waals surface area contributed by atoms with E-state index >= 15 is 0 Å². The van der Waals surface area contributed by atoms with Crippen molar-refractivity contribution in [2.24, 2.45) is 5.92 Å². The summed E-state index contributed by atoms with van der Waals surface area (Å²) in [7, 11) is 0. The minimum absolute atomic E-state index is 0.115. The second-order valence-electron chi connectivity index (χ2n) is 7.71. The number of hydrogen-bond donors (Lipinski definition) is 1. The standard InChI is InChI=1S/C24H22FN3O3S/c1-15(29)21-20(16-6-3-2-4-7-16)26-24(32-21)27-22(30)18-8-5-13-28(14-18)23(31)17-9-11-19(25)12-10-17/h2-4,6-7,9-12,18H,5,8,13-14H2,1H3,(H,26,27,30). The van der Waals surface area contributed by atoms with Crippen LogP contribution in [-0.2, 0) is 4.79 Å². The van der Waals surface area contributed by atoms with Gasteiger partial charge in [-0.05, 0) is 37.1 Å². The number of benzene rings is 2. The molecule has 2 amide bonds. The first-order chi connectivity index (χ1) is 15.4. The molecule has 4 rings (SSSR count). The molecular weight excluding hydrogens is 429 g/mol. The Balaban J connectivity index is 1.47. The number of anilines is 1. The highest BCUT2D eigenvalue weighted by Gasteiger charge is 2.30. The molecule has 1 aliphatic heterocycles. The number of nitrogens with one attached hydrogen (secondary N) is 1. The molecule has 0 radical (unpaired) electrons. The first-order valence-electron chi connectivity index (χ1n) is 10.4. The third-order valence-corrected chi connectivity index (χ3v) is 6.47. The van der Waals surface area contributed by atoms with Crippen LogP contribution in [0.25, 0.3) is 11.3 Å². The molecule has 0 bridgehead atoms. The van der Waals surface area contributed by atoms with Gasteiger partial charge in [0.15, 0.2) is 10.9 Å². The van der Waals surface area contributed by atoms with Crippen LogP contribution in [0.3, 0.4) is 0 Å². The number of Topliss-reactive ketones (excluding diaryl/α,β-unsaturated/α-hetero) is 1. The van der Waals surface area contributed by atoms with Gasteiger partial charge in [0.25, 0.3) is 5.91 Å². The average Bonchev–Trinajstić information content (AvgIpc) is 3.24. The van der Waals surface area contributed by atoms with Gasteiger partial charge in [-0.3, -0.25) is 14.4 Å². The lowest BCUT2D eigenvalue weighted by molar-refractivity contribution is -0.121. The maximum Gasteiger partial charge on any atom is 0.253 e. The molecule has 2 aromatic carbocycles. The van der Waals surface area contributed by atoms with E-state index in [0.29, 0.717) is 40.7 Å². The zero-order valence-corrected chi connectivity index (χ0v) is 18.3. The van der Waals surface area contributed by atoms with Gasteiger partial charge in [-0.1, -0.05) is 41.7 Å². The second kappa shape index (κ2) is 9.40. The Morgan fingerprint density at radius 1 is 1.09 bits per heavy atom. The molecular formula is C24H22FN3O3S. The summed E-state index contributed by atoms with van der Waals surface area (Å²) in [6, 6.07) is 14.8. The van der Waals surface area contributed by atoms with E-state index in [-0.39, 0.29) is 24.1 Å². The van der Waals surface area contributed by atoms with Gasteiger partial charge in [0.1, 0.15) is 5.82 Å². The average molecular weight is 452 g/mol. The van der Waals surface area contributed by atoms with Crippen molar-refractivity contribution in [3.05, 3.63) is 70.9 Å². The van der Waals surface area contributed by atoms with Crippen molar-refractivity contribution in [2.75, 3.05) is 18.4 Å². The number of hydrogen-bond acceptors (Lipinski definition) is 5. The van der Waals surface area contributed by atoms with Crippen LogP contribution in [-0.4, -0.2) is 40.6 Å². The number of thiazole rings is 1. The quantitative estimate of drug-likeness (QED) is 0.573. The number of piperidine rings is 1. The molecule has 0 aliphatic carbocycles. The predicted molar refractivity (Wildman–Crippen MR) is 121 cm³/mol. The highest BCUT2D eigenvalue weighted by atomic mass is 32.1.